The van der Waals surface area contributed by atoms with E-state index >= 15 is 0 Å². The van der Waals surface area contributed by atoms with Crippen LogP contribution in [0.15, 0.2) is 88.6 Å². The second kappa shape index (κ2) is 8.89. The molecular weight excluding hydrogens is 494 g/mol. The monoisotopic (exact) mass is 513 g/mol. The van der Waals surface area contributed by atoms with Crippen LogP contribution in [-0.2, 0) is 13.1 Å². The summed E-state index contributed by atoms with van der Waals surface area (Å²) < 4.78 is 5.97. The van der Waals surface area contributed by atoms with E-state index in [1.165, 1.54) is 17.4 Å². The first kappa shape index (κ1) is 22.5. The highest BCUT2D eigenvalue weighted by molar-refractivity contribution is 7.20. The minimum Gasteiger partial charge on any atom is -0.306 e. The first-order valence-electron chi connectivity index (χ1n) is 11.4. The minimum absolute atomic E-state index is 0.171. The Morgan fingerprint density at radius 3 is 2.50 bits per heavy atom. The second-order valence-electron chi connectivity index (χ2n) is 8.47. The molecule has 9 heteroatoms. The summed E-state index contributed by atoms with van der Waals surface area (Å²) >= 11 is 7.75. The molecule has 2 aromatic carbocycles. The van der Waals surface area contributed by atoms with Gasteiger partial charge in [-0.15, -0.1) is 0 Å². The molecule has 6 rings (SSSR count). The van der Waals surface area contributed by atoms with Crippen LogP contribution >= 0.6 is 22.9 Å². The standard InChI is InChI=1S/C27H20ClN5O2S/c1-17-25-22(14-24(34)31(17)16-21-19(28)10-7-13-29-21)32(15-18-8-3-2-4-9-18)33(26(25)35)27-30-20-11-5-6-12-23(20)36-27/h2-14H,15-16H2,1H3. The molecule has 0 N–H and O–H groups in total. The average molecular weight is 514 g/mol. The molecule has 36 heavy (non-hydrogen) atoms. The Morgan fingerprint density at radius 2 is 1.72 bits per heavy atom. The van der Waals surface area contributed by atoms with E-state index in [9.17, 15) is 9.59 Å². The number of benzene rings is 2. The number of hydrogen-bond acceptors (Lipinski definition) is 5. The summed E-state index contributed by atoms with van der Waals surface area (Å²) in [5.41, 5.74) is 3.07. The third-order valence-electron chi connectivity index (χ3n) is 6.26. The Hall–Kier alpha value is -4.01. The molecule has 0 aliphatic carbocycles. The van der Waals surface area contributed by atoms with Crippen molar-refractivity contribution in [2.75, 3.05) is 0 Å². The lowest BCUT2D eigenvalue weighted by Gasteiger charge is -2.13. The van der Waals surface area contributed by atoms with Crippen molar-refractivity contribution in [3.05, 3.63) is 122 Å². The fraction of sp³-hybridized carbons (Fsp3) is 0.111. The van der Waals surface area contributed by atoms with Crippen molar-refractivity contribution in [2.24, 2.45) is 0 Å². The van der Waals surface area contributed by atoms with E-state index in [1.54, 1.807) is 34.5 Å². The third kappa shape index (κ3) is 3.75. The van der Waals surface area contributed by atoms with E-state index in [0.717, 1.165) is 15.8 Å². The molecule has 0 saturated heterocycles. The number of para-hydroxylation sites is 1. The van der Waals surface area contributed by atoms with Gasteiger partial charge in [0, 0.05) is 18.0 Å². The minimum atomic E-state index is -0.231. The Bertz CT molecular complexity index is 1830. The van der Waals surface area contributed by atoms with E-state index in [2.05, 4.69) is 4.98 Å². The lowest BCUT2D eigenvalue weighted by Crippen LogP contribution is -2.24. The Kier molecular flexibility index (Phi) is 5.55. The van der Waals surface area contributed by atoms with Crippen LogP contribution in [0.25, 0.3) is 26.3 Å². The molecule has 0 saturated carbocycles. The number of nitrogens with zero attached hydrogens (tertiary/aromatic N) is 5. The quantitative estimate of drug-likeness (QED) is 0.324. The van der Waals surface area contributed by atoms with Crippen molar-refractivity contribution in [3.63, 3.8) is 0 Å². The smallest absolute Gasteiger partial charge is 0.283 e. The zero-order valence-corrected chi connectivity index (χ0v) is 20.8. The summed E-state index contributed by atoms with van der Waals surface area (Å²) in [6, 6.07) is 22.6. The maximum Gasteiger partial charge on any atom is 0.283 e. The Labute approximate surface area is 214 Å². The maximum atomic E-state index is 14.0. The zero-order chi connectivity index (χ0) is 24.8. The molecule has 0 atom stereocenters. The van der Waals surface area contributed by atoms with Gasteiger partial charge < -0.3 is 4.57 Å². The van der Waals surface area contributed by atoms with Crippen molar-refractivity contribution in [2.45, 2.75) is 20.0 Å². The molecule has 0 unspecified atom stereocenters. The molecule has 6 aromatic rings. The number of fused-ring (bicyclic) bond motifs is 2. The van der Waals surface area contributed by atoms with Crippen LogP contribution in [0.5, 0.6) is 0 Å². The van der Waals surface area contributed by atoms with E-state index in [0.29, 0.717) is 39.0 Å². The predicted octanol–water partition coefficient (Wildman–Crippen LogP) is 5.02. The number of aryl methyl sites for hydroxylation is 1. The highest BCUT2D eigenvalue weighted by Crippen LogP contribution is 2.26. The van der Waals surface area contributed by atoms with Crippen molar-refractivity contribution < 1.29 is 0 Å². The van der Waals surface area contributed by atoms with Gasteiger partial charge in [0.1, 0.15) is 0 Å². The lowest BCUT2D eigenvalue weighted by atomic mass is 10.2. The fourth-order valence-corrected chi connectivity index (χ4v) is 5.63. The summed E-state index contributed by atoms with van der Waals surface area (Å²) in [6.45, 7) is 2.37. The summed E-state index contributed by atoms with van der Waals surface area (Å²) in [4.78, 5) is 36.4. The number of thiazole rings is 1. The molecule has 0 bridgehead atoms. The van der Waals surface area contributed by atoms with Crippen molar-refractivity contribution in [1.82, 2.24) is 23.9 Å². The van der Waals surface area contributed by atoms with Gasteiger partial charge in [0.25, 0.3) is 11.1 Å². The first-order chi connectivity index (χ1) is 17.5. The zero-order valence-electron chi connectivity index (χ0n) is 19.3. The third-order valence-corrected chi connectivity index (χ3v) is 7.61. The highest BCUT2D eigenvalue weighted by Gasteiger charge is 2.22. The van der Waals surface area contributed by atoms with Crippen LogP contribution in [0.1, 0.15) is 17.0 Å². The number of pyridine rings is 2. The van der Waals surface area contributed by atoms with E-state index < -0.39 is 0 Å². The normalized spacial score (nSPS) is 11.5. The van der Waals surface area contributed by atoms with Gasteiger partial charge >= 0.3 is 0 Å². The molecule has 7 nitrogen and oxygen atoms in total. The summed E-state index contributed by atoms with van der Waals surface area (Å²) in [5, 5.41) is 1.49. The molecule has 4 heterocycles. The lowest BCUT2D eigenvalue weighted by molar-refractivity contribution is 0.610. The molecule has 0 fully saturated rings. The molecule has 0 spiro atoms. The maximum absolute atomic E-state index is 14.0. The fourth-order valence-electron chi connectivity index (χ4n) is 4.48. The first-order valence-corrected chi connectivity index (χ1v) is 12.6. The van der Waals surface area contributed by atoms with Crippen LogP contribution in [0.3, 0.4) is 0 Å². The van der Waals surface area contributed by atoms with E-state index in [1.807, 2.05) is 59.3 Å². The van der Waals surface area contributed by atoms with Gasteiger partial charge in [0.05, 0.1) is 44.9 Å². The molecule has 4 aromatic heterocycles. The number of halogens is 1. The number of rotatable bonds is 5. The molecule has 0 aliphatic rings. The Morgan fingerprint density at radius 1 is 0.944 bits per heavy atom. The SMILES string of the molecule is Cc1c2c(=O)n(-c3nc4ccccc4s3)n(Cc3ccccc3)c2cc(=O)n1Cc1ncccc1Cl. The van der Waals surface area contributed by atoms with Crippen LogP contribution in [0.4, 0.5) is 0 Å². The predicted molar refractivity (Wildman–Crippen MR) is 144 cm³/mol. The van der Waals surface area contributed by atoms with Gasteiger partial charge in [0.2, 0.25) is 5.13 Å². The van der Waals surface area contributed by atoms with Crippen molar-refractivity contribution in [1.29, 1.82) is 0 Å². The molecule has 0 amide bonds. The van der Waals surface area contributed by atoms with Crippen LogP contribution in [0.2, 0.25) is 5.02 Å². The van der Waals surface area contributed by atoms with Crippen LogP contribution < -0.4 is 11.1 Å². The van der Waals surface area contributed by atoms with Gasteiger partial charge in [-0.1, -0.05) is 65.4 Å². The molecule has 178 valence electrons. The number of aromatic nitrogens is 5. The Balaban J connectivity index is 1.62. The highest BCUT2D eigenvalue weighted by atomic mass is 35.5. The molecular formula is C27H20ClN5O2S. The van der Waals surface area contributed by atoms with Gasteiger partial charge in [-0.05, 0) is 36.8 Å². The summed E-state index contributed by atoms with van der Waals surface area (Å²) in [5.74, 6) is 0. The van der Waals surface area contributed by atoms with E-state index in [4.69, 9.17) is 16.6 Å². The van der Waals surface area contributed by atoms with Gasteiger partial charge in [0.15, 0.2) is 0 Å². The topological polar surface area (TPSA) is 74.7 Å². The van der Waals surface area contributed by atoms with Crippen molar-refractivity contribution in [3.8, 4) is 5.13 Å². The van der Waals surface area contributed by atoms with Crippen molar-refractivity contribution >= 4 is 44.1 Å². The van der Waals surface area contributed by atoms with Crippen LogP contribution in [-0.4, -0.2) is 23.9 Å². The second-order valence-corrected chi connectivity index (χ2v) is 9.89. The van der Waals surface area contributed by atoms with Gasteiger partial charge in [-0.3, -0.25) is 19.3 Å². The van der Waals surface area contributed by atoms with E-state index in [-0.39, 0.29) is 17.7 Å². The molecule has 0 aliphatic heterocycles. The van der Waals surface area contributed by atoms with Gasteiger partial charge in [-0.2, -0.15) is 4.68 Å². The van der Waals surface area contributed by atoms with Crippen LogP contribution in [0, 0.1) is 6.92 Å². The summed E-state index contributed by atoms with van der Waals surface area (Å²) in [6.07, 6.45) is 1.64. The number of hydrogen-bond donors (Lipinski definition) is 0. The summed E-state index contributed by atoms with van der Waals surface area (Å²) in [7, 11) is 0. The van der Waals surface area contributed by atoms with Gasteiger partial charge in [-0.25, -0.2) is 4.98 Å². The average Bonchev–Trinajstić information content (AvgIpc) is 3.42. The largest absolute Gasteiger partial charge is 0.306 e. The molecule has 0 radical (unpaired) electrons.